The van der Waals surface area contributed by atoms with Gasteiger partial charge in [-0.3, -0.25) is 0 Å². The molecule has 0 N–H and O–H groups in total. The zero-order valence-corrected chi connectivity index (χ0v) is 12.6. The molecule has 0 radical (unpaired) electrons. The number of carbonyl (C=O) groups is 1. The summed E-state index contributed by atoms with van der Waals surface area (Å²) in [6.45, 7) is 13.3. The SMILES string of the molecule is C=C.C=C/C(=C\C)C(=S)SC(C)(C#N)CCC=O. The second-order valence-electron chi connectivity index (χ2n) is 3.39. The lowest BCUT2D eigenvalue weighted by Crippen LogP contribution is -2.20. The van der Waals surface area contributed by atoms with E-state index in [1.54, 1.807) is 13.0 Å². The summed E-state index contributed by atoms with van der Waals surface area (Å²) in [4.78, 5) is 10.3. The molecule has 1 atom stereocenters. The zero-order chi connectivity index (χ0) is 14.6. The van der Waals surface area contributed by atoms with E-state index in [9.17, 15) is 4.79 Å². The van der Waals surface area contributed by atoms with Gasteiger partial charge in [-0.1, -0.05) is 42.7 Å². The number of thiocarbonyl (C=S) groups is 1. The molecule has 4 heteroatoms. The first kappa shape index (κ1) is 19.2. The van der Waals surface area contributed by atoms with E-state index in [0.717, 1.165) is 11.9 Å². The molecule has 0 aliphatic carbocycles. The largest absolute Gasteiger partial charge is 0.303 e. The molecule has 0 spiro atoms. The first-order chi connectivity index (χ1) is 8.52. The van der Waals surface area contributed by atoms with Crippen LogP contribution in [0.4, 0.5) is 0 Å². The average Bonchev–Trinajstić information content (AvgIpc) is 2.40. The van der Waals surface area contributed by atoms with Crippen LogP contribution in [0.15, 0.2) is 37.5 Å². The third kappa shape index (κ3) is 7.21. The highest BCUT2D eigenvalue weighted by Crippen LogP contribution is 2.32. The fraction of sp³-hybridized carbons (Fsp3) is 0.357. The van der Waals surface area contributed by atoms with Gasteiger partial charge in [0, 0.05) is 6.42 Å². The molecular weight excluding hydrogens is 262 g/mol. The minimum Gasteiger partial charge on any atom is -0.303 e. The number of thioether (sulfide) groups is 1. The maximum absolute atomic E-state index is 10.3. The van der Waals surface area contributed by atoms with Gasteiger partial charge in [0.1, 0.15) is 11.0 Å². The molecule has 18 heavy (non-hydrogen) atoms. The predicted molar refractivity (Wildman–Crippen MR) is 84.7 cm³/mol. The second kappa shape index (κ2) is 10.9. The van der Waals surface area contributed by atoms with E-state index in [0.29, 0.717) is 17.0 Å². The van der Waals surface area contributed by atoms with Gasteiger partial charge >= 0.3 is 0 Å². The van der Waals surface area contributed by atoms with E-state index in [1.165, 1.54) is 11.8 Å². The molecule has 0 saturated carbocycles. The van der Waals surface area contributed by atoms with Gasteiger partial charge in [-0.2, -0.15) is 5.26 Å². The van der Waals surface area contributed by atoms with E-state index >= 15 is 0 Å². The lowest BCUT2D eigenvalue weighted by atomic mass is 10.1. The molecule has 0 aliphatic rings. The summed E-state index contributed by atoms with van der Waals surface area (Å²) < 4.78 is 0.00220. The highest BCUT2D eigenvalue weighted by molar-refractivity contribution is 8.24. The fourth-order valence-electron chi connectivity index (χ4n) is 1.05. The third-order valence-electron chi connectivity index (χ3n) is 2.06. The number of nitrogens with zero attached hydrogens (tertiary/aromatic N) is 1. The van der Waals surface area contributed by atoms with Crippen LogP contribution in [-0.2, 0) is 4.79 Å². The van der Waals surface area contributed by atoms with Gasteiger partial charge in [0.25, 0.3) is 0 Å². The number of carbonyl (C=O) groups excluding carboxylic acids is 1. The molecule has 0 rings (SSSR count). The van der Waals surface area contributed by atoms with Crippen molar-refractivity contribution >= 4 is 34.5 Å². The molecule has 0 bridgehead atoms. The van der Waals surface area contributed by atoms with Crippen LogP contribution in [-0.4, -0.2) is 15.2 Å². The first-order valence-corrected chi connectivity index (χ1v) is 6.62. The summed E-state index contributed by atoms with van der Waals surface area (Å²) in [7, 11) is 0. The molecule has 0 fully saturated rings. The van der Waals surface area contributed by atoms with Crippen molar-refractivity contribution in [3.63, 3.8) is 0 Å². The van der Waals surface area contributed by atoms with Crippen LogP contribution in [0.5, 0.6) is 0 Å². The van der Waals surface area contributed by atoms with Crippen LogP contribution in [0.25, 0.3) is 0 Å². The molecule has 0 amide bonds. The molecule has 0 saturated heterocycles. The van der Waals surface area contributed by atoms with Crippen LogP contribution in [0.3, 0.4) is 0 Å². The van der Waals surface area contributed by atoms with E-state index in [-0.39, 0.29) is 0 Å². The van der Waals surface area contributed by atoms with Crippen molar-refractivity contribution in [1.29, 1.82) is 5.26 Å². The summed E-state index contributed by atoms with van der Waals surface area (Å²) in [5.74, 6) is 0. The smallest absolute Gasteiger partial charge is 0.120 e. The predicted octanol–water partition coefficient (Wildman–Crippen LogP) is 4.24. The Morgan fingerprint density at radius 1 is 1.56 bits per heavy atom. The average molecular weight is 281 g/mol. The lowest BCUT2D eigenvalue weighted by molar-refractivity contribution is -0.107. The molecule has 0 aromatic carbocycles. The maximum atomic E-state index is 10.3. The standard InChI is InChI=1S/C12H15NOS2.C2H4/c1-4-10(5-2)11(15)16-12(3,9-13)7-6-8-14;1-2/h4-5,8H,1,6-7H2,2-3H3;1-2H2/b10-5+;. The zero-order valence-electron chi connectivity index (χ0n) is 10.9. The lowest BCUT2D eigenvalue weighted by Gasteiger charge is -2.20. The number of allylic oxidation sites excluding steroid dienone is 2. The van der Waals surface area contributed by atoms with Crippen LogP contribution in [0.2, 0.25) is 0 Å². The van der Waals surface area contributed by atoms with Crippen LogP contribution >= 0.6 is 24.0 Å². The summed E-state index contributed by atoms with van der Waals surface area (Å²) in [5.41, 5.74) is 0.854. The van der Waals surface area contributed by atoms with Crippen LogP contribution < -0.4 is 0 Å². The van der Waals surface area contributed by atoms with Gasteiger partial charge in [-0.05, 0) is 25.8 Å². The molecular formula is C14H19NOS2. The molecule has 0 aliphatic heterocycles. The molecule has 1 unspecified atom stereocenters. The summed E-state index contributed by atoms with van der Waals surface area (Å²) >= 11 is 6.54. The molecule has 98 valence electrons. The fourth-order valence-corrected chi connectivity index (χ4v) is 2.79. The Bertz CT molecular complexity index is 368. The van der Waals surface area contributed by atoms with Crippen molar-refractivity contribution in [2.45, 2.75) is 31.4 Å². The highest BCUT2D eigenvalue weighted by atomic mass is 32.2. The Balaban J connectivity index is 0. The third-order valence-corrected chi connectivity index (χ3v) is 3.71. The molecule has 0 aromatic rings. The second-order valence-corrected chi connectivity index (χ2v) is 5.57. The molecule has 2 nitrogen and oxygen atoms in total. The minimum absolute atomic E-state index is 0.374. The molecule has 0 aromatic heterocycles. The number of hydrogen-bond donors (Lipinski definition) is 0. The quantitative estimate of drug-likeness (QED) is 0.240. The Hall–Kier alpha value is -1.18. The Labute approximate surface area is 119 Å². The number of nitriles is 1. The van der Waals surface area contributed by atoms with Crippen molar-refractivity contribution in [2.75, 3.05) is 0 Å². The van der Waals surface area contributed by atoms with Gasteiger partial charge in [0.05, 0.1) is 10.3 Å². The minimum atomic E-state index is -0.644. The first-order valence-electron chi connectivity index (χ1n) is 5.40. The van der Waals surface area contributed by atoms with Crippen molar-refractivity contribution in [2.24, 2.45) is 0 Å². The van der Waals surface area contributed by atoms with Gasteiger partial charge in [-0.15, -0.1) is 13.2 Å². The van der Waals surface area contributed by atoms with E-state index in [1.807, 2.05) is 13.0 Å². The Morgan fingerprint density at radius 2 is 2.11 bits per heavy atom. The van der Waals surface area contributed by atoms with Gasteiger partial charge in [0.15, 0.2) is 0 Å². The van der Waals surface area contributed by atoms with Crippen molar-refractivity contribution in [3.8, 4) is 6.07 Å². The van der Waals surface area contributed by atoms with E-state index in [4.69, 9.17) is 17.5 Å². The van der Waals surface area contributed by atoms with Crippen molar-refractivity contribution in [1.82, 2.24) is 0 Å². The van der Waals surface area contributed by atoms with Gasteiger partial charge in [0.2, 0.25) is 0 Å². The van der Waals surface area contributed by atoms with Gasteiger partial charge in [-0.25, -0.2) is 0 Å². The van der Waals surface area contributed by atoms with Crippen molar-refractivity contribution in [3.05, 3.63) is 37.5 Å². The topological polar surface area (TPSA) is 40.9 Å². The Morgan fingerprint density at radius 3 is 2.44 bits per heavy atom. The van der Waals surface area contributed by atoms with E-state index in [2.05, 4.69) is 25.8 Å². The highest BCUT2D eigenvalue weighted by Gasteiger charge is 2.26. The van der Waals surface area contributed by atoms with E-state index < -0.39 is 4.75 Å². The monoisotopic (exact) mass is 281 g/mol. The van der Waals surface area contributed by atoms with Crippen LogP contribution in [0.1, 0.15) is 26.7 Å². The molecule has 0 heterocycles. The van der Waals surface area contributed by atoms with Crippen molar-refractivity contribution < 1.29 is 4.79 Å². The summed E-state index contributed by atoms with van der Waals surface area (Å²) in [5, 5.41) is 9.10. The normalized spacial score (nSPS) is 13.3. The van der Waals surface area contributed by atoms with Crippen LogP contribution in [0, 0.1) is 11.3 Å². The number of rotatable bonds is 6. The maximum Gasteiger partial charge on any atom is 0.120 e. The summed E-state index contributed by atoms with van der Waals surface area (Å²) in [6, 6.07) is 2.20. The Kier molecular flexibility index (Phi) is 11.7. The summed E-state index contributed by atoms with van der Waals surface area (Å²) in [6.07, 6.45) is 5.24. The van der Waals surface area contributed by atoms with Gasteiger partial charge < -0.3 is 4.79 Å². The number of hydrogen-bond acceptors (Lipinski definition) is 4. The number of aldehydes is 1.